The third kappa shape index (κ3) is 1.51. The fourth-order valence-corrected chi connectivity index (χ4v) is 2.18. The summed E-state index contributed by atoms with van der Waals surface area (Å²) in [5.41, 5.74) is 0. The van der Waals surface area contributed by atoms with Gasteiger partial charge in [-0.05, 0) is 26.7 Å². The largest absolute Gasteiger partial charge is 0.339 e. The average Bonchev–Trinajstić information content (AvgIpc) is 2.36. The first-order valence-electron chi connectivity index (χ1n) is 4.86. The summed E-state index contributed by atoms with van der Waals surface area (Å²) < 4.78 is 11.6. The van der Waals surface area contributed by atoms with Crippen LogP contribution in [0.5, 0.6) is 0 Å². The Morgan fingerprint density at radius 1 is 1.38 bits per heavy atom. The summed E-state index contributed by atoms with van der Waals surface area (Å²) in [6.07, 6.45) is 5.30. The molecule has 1 heterocycles. The fraction of sp³-hybridized carbons (Fsp3) is 0.800. The van der Waals surface area contributed by atoms with E-state index in [2.05, 4.69) is 0 Å². The quantitative estimate of drug-likeness (QED) is 0.602. The van der Waals surface area contributed by atoms with Crippen molar-refractivity contribution in [2.24, 2.45) is 0 Å². The zero-order valence-electron chi connectivity index (χ0n) is 8.05. The van der Waals surface area contributed by atoms with Gasteiger partial charge in [0.1, 0.15) is 0 Å². The van der Waals surface area contributed by atoms with Crippen LogP contribution in [0.1, 0.15) is 33.1 Å². The first-order chi connectivity index (χ1) is 6.14. The molecule has 3 heteroatoms. The minimum Gasteiger partial charge on any atom is -0.339 e. The van der Waals surface area contributed by atoms with E-state index in [-0.39, 0.29) is 12.2 Å². The summed E-state index contributed by atoms with van der Waals surface area (Å²) in [7, 11) is 0. The Hall–Kier alpha value is -0.0500. The second kappa shape index (κ2) is 3.26. The van der Waals surface area contributed by atoms with Crippen LogP contribution in [-0.2, 0) is 9.47 Å². The number of hydrogen-bond donors (Lipinski definition) is 0. The lowest BCUT2D eigenvalue weighted by molar-refractivity contribution is -0.145. The van der Waals surface area contributed by atoms with Crippen molar-refractivity contribution in [1.29, 1.82) is 0 Å². The highest BCUT2D eigenvalue weighted by atomic mass is 35.5. The number of halogens is 1. The smallest absolute Gasteiger partial charge is 0.205 e. The lowest BCUT2D eigenvalue weighted by atomic mass is 10.0. The Bertz CT molecular complexity index is 227. The fourth-order valence-electron chi connectivity index (χ4n) is 1.89. The van der Waals surface area contributed by atoms with E-state index < -0.39 is 5.79 Å². The summed E-state index contributed by atoms with van der Waals surface area (Å²) in [6, 6.07) is 0. The standard InChI is InChI=1S/C10H15ClO2/c1-7-8(2)13-10(12-7)6-4-3-5-9(10)11/h5,7-8H,3-4,6H2,1-2H3/t7-,8-/m1/s1. The van der Waals surface area contributed by atoms with Crippen LogP contribution in [0.15, 0.2) is 11.1 Å². The van der Waals surface area contributed by atoms with E-state index in [0.717, 1.165) is 24.3 Å². The maximum Gasteiger partial charge on any atom is 0.205 e. The van der Waals surface area contributed by atoms with Crippen molar-refractivity contribution < 1.29 is 9.47 Å². The maximum atomic E-state index is 6.12. The van der Waals surface area contributed by atoms with Crippen molar-refractivity contribution in [2.75, 3.05) is 0 Å². The van der Waals surface area contributed by atoms with Gasteiger partial charge >= 0.3 is 0 Å². The van der Waals surface area contributed by atoms with Crippen molar-refractivity contribution in [3.05, 3.63) is 11.1 Å². The van der Waals surface area contributed by atoms with Gasteiger partial charge in [0.25, 0.3) is 0 Å². The molecule has 0 saturated carbocycles. The summed E-state index contributed by atoms with van der Waals surface area (Å²) >= 11 is 6.12. The van der Waals surface area contributed by atoms with Gasteiger partial charge in [0, 0.05) is 6.42 Å². The molecule has 1 saturated heterocycles. The zero-order valence-corrected chi connectivity index (χ0v) is 8.80. The Balaban J connectivity index is 2.21. The van der Waals surface area contributed by atoms with Crippen LogP contribution >= 0.6 is 11.6 Å². The Kier molecular flexibility index (Phi) is 2.39. The molecule has 0 aromatic carbocycles. The van der Waals surface area contributed by atoms with Gasteiger partial charge in [-0.1, -0.05) is 17.7 Å². The molecule has 0 radical (unpaired) electrons. The monoisotopic (exact) mass is 202 g/mol. The van der Waals surface area contributed by atoms with Gasteiger partial charge in [-0.3, -0.25) is 0 Å². The highest BCUT2D eigenvalue weighted by Gasteiger charge is 2.47. The molecule has 1 aliphatic heterocycles. The number of hydrogen-bond acceptors (Lipinski definition) is 2. The second-order valence-corrected chi connectivity index (χ2v) is 4.25. The predicted octanol–water partition coefficient (Wildman–Crippen LogP) is 2.81. The number of ether oxygens (including phenoxy) is 2. The highest BCUT2D eigenvalue weighted by molar-refractivity contribution is 6.30. The Morgan fingerprint density at radius 3 is 2.54 bits per heavy atom. The van der Waals surface area contributed by atoms with E-state index in [1.807, 2.05) is 19.9 Å². The third-order valence-electron chi connectivity index (χ3n) is 2.81. The molecule has 1 aliphatic carbocycles. The Morgan fingerprint density at radius 2 is 2.00 bits per heavy atom. The lowest BCUT2D eigenvalue weighted by Crippen LogP contribution is -2.33. The Labute approximate surface area is 83.9 Å². The van der Waals surface area contributed by atoms with E-state index in [9.17, 15) is 0 Å². The van der Waals surface area contributed by atoms with Gasteiger partial charge in [0.2, 0.25) is 5.79 Å². The first kappa shape index (κ1) is 9.50. The van der Waals surface area contributed by atoms with Crippen molar-refractivity contribution in [3.63, 3.8) is 0 Å². The van der Waals surface area contributed by atoms with Gasteiger partial charge in [0.15, 0.2) is 0 Å². The number of rotatable bonds is 0. The summed E-state index contributed by atoms with van der Waals surface area (Å²) in [4.78, 5) is 0. The molecule has 2 atom stereocenters. The van der Waals surface area contributed by atoms with Crippen molar-refractivity contribution in [3.8, 4) is 0 Å². The topological polar surface area (TPSA) is 18.5 Å². The van der Waals surface area contributed by atoms with E-state index in [4.69, 9.17) is 21.1 Å². The molecule has 0 aromatic rings. The van der Waals surface area contributed by atoms with Gasteiger partial charge in [0.05, 0.1) is 17.2 Å². The molecular weight excluding hydrogens is 188 g/mol. The zero-order chi connectivity index (χ0) is 9.47. The molecule has 2 aliphatic rings. The lowest BCUT2D eigenvalue weighted by Gasteiger charge is -2.30. The van der Waals surface area contributed by atoms with Gasteiger partial charge in [-0.25, -0.2) is 0 Å². The highest BCUT2D eigenvalue weighted by Crippen LogP contribution is 2.42. The van der Waals surface area contributed by atoms with Crippen LogP contribution in [0.2, 0.25) is 0 Å². The van der Waals surface area contributed by atoms with Crippen molar-refractivity contribution in [2.45, 2.75) is 51.1 Å². The molecule has 0 amide bonds. The maximum absolute atomic E-state index is 6.12. The average molecular weight is 203 g/mol. The van der Waals surface area contributed by atoms with E-state index in [1.54, 1.807) is 0 Å². The van der Waals surface area contributed by atoms with Gasteiger partial charge < -0.3 is 9.47 Å². The SMILES string of the molecule is C[C@H]1OC2(CCCC=C2Cl)O[C@@H]1C. The number of allylic oxidation sites excluding steroid dienone is 1. The van der Waals surface area contributed by atoms with Crippen molar-refractivity contribution >= 4 is 11.6 Å². The predicted molar refractivity (Wildman–Crippen MR) is 51.6 cm³/mol. The molecule has 2 rings (SSSR count). The minimum atomic E-state index is -0.599. The van der Waals surface area contributed by atoms with Crippen LogP contribution in [0.25, 0.3) is 0 Å². The molecule has 1 fully saturated rings. The first-order valence-corrected chi connectivity index (χ1v) is 5.24. The molecule has 2 nitrogen and oxygen atoms in total. The van der Waals surface area contributed by atoms with Crippen LogP contribution in [0.4, 0.5) is 0 Å². The summed E-state index contributed by atoms with van der Waals surface area (Å²) in [6.45, 7) is 4.05. The molecule has 0 N–H and O–H groups in total. The molecular formula is C10H15ClO2. The molecule has 0 unspecified atom stereocenters. The van der Waals surface area contributed by atoms with Crippen LogP contribution < -0.4 is 0 Å². The molecule has 74 valence electrons. The van der Waals surface area contributed by atoms with Crippen LogP contribution in [0, 0.1) is 0 Å². The molecule has 0 aromatic heterocycles. The van der Waals surface area contributed by atoms with E-state index in [0.29, 0.717) is 0 Å². The third-order valence-corrected chi connectivity index (χ3v) is 3.25. The molecule has 0 bridgehead atoms. The minimum absolute atomic E-state index is 0.139. The second-order valence-electron chi connectivity index (χ2n) is 3.84. The molecule has 1 spiro atoms. The summed E-state index contributed by atoms with van der Waals surface area (Å²) in [5.74, 6) is -0.599. The normalized spacial score (nSPS) is 37.9. The van der Waals surface area contributed by atoms with E-state index >= 15 is 0 Å². The van der Waals surface area contributed by atoms with Crippen molar-refractivity contribution in [1.82, 2.24) is 0 Å². The molecule has 13 heavy (non-hydrogen) atoms. The summed E-state index contributed by atoms with van der Waals surface area (Å²) in [5, 5.41) is 0.731. The van der Waals surface area contributed by atoms with Crippen LogP contribution in [-0.4, -0.2) is 18.0 Å². The van der Waals surface area contributed by atoms with Gasteiger partial charge in [-0.15, -0.1) is 0 Å². The van der Waals surface area contributed by atoms with Gasteiger partial charge in [-0.2, -0.15) is 0 Å². The van der Waals surface area contributed by atoms with Crippen LogP contribution in [0.3, 0.4) is 0 Å². The van der Waals surface area contributed by atoms with E-state index in [1.165, 1.54) is 0 Å².